The van der Waals surface area contributed by atoms with Crippen molar-refractivity contribution in [3.8, 4) is 11.3 Å². The van der Waals surface area contributed by atoms with Crippen LogP contribution in [0, 0.1) is 12.7 Å². The zero-order valence-electron chi connectivity index (χ0n) is 21.9. The number of aromatic nitrogens is 2. The second kappa shape index (κ2) is 11.6. The molecule has 1 aliphatic heterocycles. The molecule has 8 heteroatoms. The van der Waals surface area contributed by atoms with E-state index in [1.54, 1.807) is 30.3 Å². The maximum absolute atomic E-state index is 13.5. The summed E-state index contributed by atoms with van der Waals surface area (Å²) in [6, 6.07) is 19.8. The van der Waals surface area contributed by atoms with Crippen LogP contribution in [0.2, 0.25) is 0 Å². The van der Waals surface area contributed by atoms with Gasteiger partial charge in [-0.1, -0.05) is 18.2 Å². The Morgan fingerprint density at radius 2 is 1.64 bits per heavy atom. The van der Waals surface area contributed by atoms with E-state index in [1.807, 2.05) is 17.0 Å². The fourth-order valence-corrected chi connectivity index (χ4v) is 5.06. The molecule has 0 radical (unpaired) electrons. The number of hydrogen-bond acceptors (Lipinski definition) is 5. The zero-order valence-corrected chi connectivity index (χ0v) is 21.9. The van der Waals surface area contributed by atoms with Gasteiger partial charge in [-0.15, -0.1) is 0 Å². The quantitative estimate of drug-likeness (QED) is 0.305. The van der Waals surface area contributed by atoms with Gasteiger partial charge in [-0.25, -0.2) is 14.4 Å². The number of nitrogens with zero attached hydrogens (tertiary/aromatic N) is 4. The van der Waals surface area contributed by atoms with E-state index in [4.69, 9.17) is 15.1 Å². The number of para-hydroxylation sites is 1. The number of hydrogen-bond donors (Lipinski definition) is 1. The number of carboxylic acid groups (broad SMARTS) is 1. The molecule has 2 heterocycles. The number of rotatable bonds is 8. The minimum atomic E-state index is -0.832. The minimum Gasteiger partial charge on any atom is -0.481 e. The Bertz CT molecular complexity index is 1500. The third-order valence-corrected chi connectivity index (χ3v) is 7.18. The highest BCUT2D eigenvalue weighted by atomic mass is 19.1. The van der Waals surface area contributed by atoms with Gasteiger partial charge in [-0.3, -0.25) is 9.59 Å². The molecule has 0 unspecified atom stereocenters. The molecular formula is C31H31FN4O3. The van der Waals surface area contributed by atoms with Crippen LogP contribution in [-0.4, -0.2) is 58.0 Å². The van der Waals surface area contributed by atoms with Crippen LogP contribution in [-0.2, 0) is 11.2 Å². The molecule has 1 fully saturated rings. The average molecular weight is 527 g/mol. The molecule has 0 spiro atoms. The molecule has 0 aliphatic carbocycles. The van der Waals surface area contributed by atoms with Crippen molar-refractivity contribution >= 4 is 28.6 Å². The molecule has 1 aromatic heterocycles. The monoisotopic (exact) mass is 526 g/mol. The summed E-state index contributed by atoms with van der Waals surface area (Å²) in [5, 5.41) is 8.98. The highest BCUT2D eigenvalue weighted by molar-refractivity contribution is 5.97. The number of carboxylic acids is 1. The van der Waals surface area contributed by atoms with E-state index in [2.05, 4.69) is 24.0 Å². The first kappa shape index (κ1) is 26.3. The van der Waals surface area contributed by atoms with Gasteiger partial charge in [0.2, 0.25) is 0 Å². The van der Waals surface area contributed by atoms with Gasteiger partial charge in [0.05, 0.1) is 22.4 Å². The van der Waals surface area contributed by atoms with Crippen LogP contribution in [0.15, 0.2) is 66.7 Å². The van der Waals surface area contributed by atoms with Gasteiger partial charge in [0.15, 0.2) is 0 Å². The maximum atomic E-state index is 13.5. The number of fused-ring (bicyclic) bond motifs is 1. The van der Waals surface area contributed by atoms with E-state index in [0.29, 0.717) is 60.3 Å². The summed E-state index contributed by atoms with van der Waals surface area (Å²) in [5.74, 6) is -1.20. The molecule has 0 saturated carbocycles. The topological polar surface area (TPSA) is 86.6 Å². The van der Waals surface area contributed by atoms with Crippen LogP contribution in [0.4, 0.5) is 10.1 Å². The van der Waals surface area contributed by atoms with E-state index in [1.165, 1.54) is 23.4 Å². The zero-order chi connectivity index (χ0) is 27.4. The Kier molecular flexibility index (Phi) is 7.81. The summed E-state index contributed by atoms with van der Waals surface area (Å²) >= 11 is 0. The average Bonchev–Trinajstić information content (AvgIpc) is 2.95. The molecule has 0 bridgehead atoms. The standard InChI is InChI=1S/C31H31FN4O3/c1-21-6-2-4-8-28(21)35-16-18-36(19-17-35)31(39)23-12-15-25-27(20-23)33-26(7-3-5-9-29(37)38)30(34-25)22-10-13-24(32)14-11-22/h2,4,6,8,10-15,20H,3,5,7,9,16-19H2,1H3,(H,37,38). The smallest absolute Gasteiger partial charge is 0.303 e. The number of carbonyl (C=O) groups excluding carboxylic acids is 1. The number of amides is 1. The lowest BCUT2D eigenvalue weighted by atomic mass is 10.0. The van der Waals surface area contributed by atoms with E-state index in [-0.39, 0.29) is 18.1 Å². The predicted molar refractivity (Wildman–Crippen MR) is 149 cm³/mol. The highest BCUT2D eigenvalue weighted by Gasteiger charge is 2.23. The number of anilines is 1. The Morgan fingerprint density at radius 1 is 0.897 bits per heavy atom. The van der Waals surface area contributed by atoms with Gasteiger partial charge in [-0.05, 0) is 80.3 Å². The minimum absolute atomic E-state index is 0.0336. The fourth-order valence-electron chi connectivity index (χ4n) is 5.06. The number of unbranched alkanes of at least 4 members (excludes halogenated alkanes) is 1. The second-order valence-electron chi connectivity index (χ2n) is 9.90. The number of benzene rings is 3. The SMILES string of the molecule is Cc1ccccc1N1CCN(C(=O)c2ccc3nc(-c4ccc(F)cc4)c(CCCCC(=O)O)nc3c2)CC1. The lowest BCUT2D eigenvalue weighted by Crippen LogP contribution is -2.49. The molecule has 3 aromatic carbocycles. The molecule has 1 amide bonds. The van der Waals surface area contributed by atoms with Crippen molar-refractivity contribution in [2.45, 2.75) is 32.6 Å². The van der Waals surface area contributed by atoms with Crippen molar-refractivity contribution in [1.29, 1.82) is 0 Å². The van der Waals surface area contributed by atoms with Crippen LogP contribution < -0.4 is 4.90 Å². The normalized spacial score (nSPS) is 13.6. The molecule has 1 N–H and O–H groups in total. The third kappa shape index (κ3) is 6.06. The first-order valence-corrected chi connectivity index (χ1v) is 13.3. The Morgan fingerprint density at radius 3 is 2.36 bits per heavy atom. The van der Waals surface area contributed by atoms with E-state index < -0.39 is 5.97 Å². The van der Waals surface area contributed by atoms with Crippen LogP contribution in [0.5, 0.6) is 0 Å². The van der Waals surface area contributed by atoms with Crippen molar-refractivity contribution in [3.63, 3.8) is 0 Å². The van der Waals surface area contributed by atoms with Crippen LogP contribution in [0.3, 0.4) is 0 Å². The number of halogens is 1. The largest absolute Gasteiger partial charge is 0.481 e. The Balaban J connectivity index is 1.37. The number of aliphatic carboxylic acids is 1. The Hall–Kier alpha value is -4.33. The van der Waals surface area contributed by atoms with Crippen molar-refractivity contribution < 1.29 is 19.1 Å². The summed E-state index contributed by atoms with van der Waals surface area (Å²) in [6.45, 7) is 4.91. The summed E-state index contributed by atoms with van der Waals surface area (Å²) < 4.78 is 13.5. The third-order valence-electron chi connectivity index (χ3n) is 7.18. The summed E-state index contributed by atoms with van der Waals surface area (Å²) in [7, 11) is 0. The van der Waals surface area contributed by atoms with Crippen LogP contribution in [0.25, 0.3) is 22.3 Å². The predicted octanol–water partition coefficient (Wildman–Crippen LogP) is 5.50. The van der Waals surface area contributed by atoms with Gasteiger partial charge in [0.1, 0.15) is 5.82 Å². The summed E-state index contributed by atoms with van der Waals surface area (Å²) in [6.07, 6.45) is 1.76. The van der Waals surface area contributed by atoms with E-state index in [0.717, 1.165) is 18.7 Å². The second-order valence-corrected chi connectivity index (χ2v) is 9.90. The van der Waals surface area contributed by atoms with E-state index >= 15 is 0 Å². The molecular weight excluding hydrogens is 495 g/mol. The first-order valence-electron chi connectivity index (χ1n) is 13.3. The number of carbonyl (C=O) groups is 2. The molecule has 39 heavy (non-hydrogen) atoms. The molecule has 1 saturated heterocycles. The van der Waals surface area contributed by atoms with Crippen molar-refractivity contribution in [2.75, 3.05) is 31.1 Å². The van der Waals surface area contributed by atoms with Gasteiger partial charge in [-0.2, -0.15) is 0 Å². The molecule has 0 atom stereocenters. The van der Waals surface area contributed by atoms with Crippen molar-refractivity contribution in [1.82, 2.24) is 14.9 Å². The Labute approximate surface area is 226 Å². The van der Waals surface area contributed by atoms with E-state index in [9.17, 15) is 14.0 Å². The van der Waals surface area contributed by atoms with Gasteiger partial charge in [0.25, 0.3) is 5.91 Å². The lowest BCUT2D eigenvalue weighted by Gasteiger charge is -2.36. The molecule has 4 aromatic rings. The molecule has 1 aliphatic rings. The molecule has 7 nitrogen and oxygen atoms in total. The number of aryl methyl sites for hydroxylation is 2. The first-order chi connectivity index (χ1) is 18.9. The van der Waals surface area contributed by atoms with Gasteiger partial charge < -0.3 is 14.9 Å². The van der Waals surface area contributed by atoms with Gasteiger partial charge in [0, 0.05) is 49.4 Å². The summed E-state index contributed by atoms with van der Waals surface area (Å²) in [4.78, 5) is 38.2. The van der Waals surface area contributed by atoms with Crippen molar-refractivity contribution in [3.05, 3.63) is 89.4 Å². The summed E-state index contributed by atoms with van der Waals surface area (Å²) in [5.41, 5.74) is 6.34. The van der Waals surface area contributed by atoms with Crippen molar-refractivity contribution in [2.24, 2.45) is 0 Å². The van der Waals surface area contributed by atoms with Crippen LogP contribution >= 0.6 is 0 Å². The maximum Gasteiger partial charge on any atom is 0.303 e. The van der Waals surface area contributed by atoms with Gasteiger partial charge >= 0.3 is 5.97 Å². The highest BCUT2D eigenvalue weighted by Crippen LogP contribution is 2.27. The molecule has 5 rings (SSSR count). The number of piperazine rings is 1. The fraction of sp³-hybridized carbons (Fsp3) is 0.290. The lowest BCUT2D eigenvalue weighted by molar-refractivity contribution is -0.137. The van der Waals surface area contributed by atoms with Crippen LogP contribution in [0.1, 0.15) is 40.9 Å². The molecule has 200 valence electrons.